The standard InChI is InChI=1S/C24H29ClO2/c1-2-22(24(12-7-13-24)19-10-6-11-20(25)15-19)23-17-26-21(16-27-23)14-18-8-4-3-5-9-18/h3-6,8-11,15,21-23H,2,7,12-14,16-17H2,1H3. The molecule has 2 aliphatic rings. The largest absolute Gasteiger partial charge is 0.373 e. The van der Waals surface area contributed by atoms with Crippen LogP contribution in [0.3, 0.4) is 0 Å². The van der Waals surface area contributed by atoms with Crippen LogP contribution in [0.1, 0.15) is 43.7 Å². The molecule has 1 aliphatic heterocycles. The minimum Gasteiger partial charge on any atom is -0.373 e. The van der Waals surface area contributed by atoms with Crippen LogP contribution in [-0.2, 0) is 21.3 Å². The lowest BCUT2D eigenvalue weighted by Gasteiger charge is -2.51. The molecular weight excluding hydrogens is 356 g/mol. The van der Waals surface area contributed by atoms with Gasteiger partial charge in [0.15, 0.2) is 0 Å². The molecule has 4 rings (SSSR count). The first kappa shape index (κ1) is 19.0. The summed E-state index contributed by atoms with van der Waals surface area (Å²) >= 11 is 6.31. The third kappa shape index (κ3) is 3.94. The summed E-state index contributed by atoms with van der Waals surface area (Å²) in [6, 6.07) is 19.0. The Kier molecular flexibility index (Phi) is 5.87. The van der Waals surface area contributed by atoms with E-state index < -0.39 is 0 Å². The Labute approximate surface area is 167 Å². The summed E-state index contributed by atoms with van der Waals surface area (Å²) in [7, 11) is 0. The van der Waals surface area contributed by atoms with Crippen LogP contribution in [-0.4, -0.2) is 25.4 Å². The molecule has 1 saturated heterocycles. The van der Waals surface area contributed by atoms with Crippen LogP contribution < -0.4 is 0 Å². The second kappa shape index (κ2) is 8.34. The molecule has 0 spiro atoms. The van der Waals surface area contributed by atoms with Gasteiger partial charge in [0.1, 0.15) is 0 Å². The molecule has 3 atom stereocenters. The lowest BCUT2D eigenvalue weighted by Crippen LogP contribution is -2.51. The van der Waals surface area contributed by atoms with E-state index in [1.54, 1.807) is 0 Å². The van der Waals surface area contributed by atoms with E-state index in [4.69, 9.17) is 21.1 Å². The third-order valence-electron chi connectivity index (χ3n) is 6.54. The molecule has 2 aromatic carbocycles. The number of halogens is 1. The van der Waals surface area contributed by atoms with E-state index in [1.807, 2.05) is 6.07 Å². The maximum Gasteiger partial charge on any atom is 0.0850 e. The fourth-order valence-electron chi connectivity index (χ4n) is 5.02. The molecule has 2 aromatic rings. The average Bonchev–Trinajstić information content (AvgIpc) is 2.66. The number of benzene rings is 2. The summed E-state index contributed by atoms with van der Waals surface area (Å²) < 4.78 is 12.6. The molecule has 0 bridgehead atoms. The van der Waals surface area contributed by atoms with Gasteiger partial charge in [0, 0.05) is 16.9 Å². The van der Waals surface area contributed by atoms with Crippen LogP contribution >= 0.6 is 11.6 Å². The number of hydrogen-bond donors (Lipinski definition) is 0. The molecule has 1 saturated carbocycles. The lowest BCUT2D eigenvalue weighted by molar-refractivity contribution is -0.165. The van der Waals surface area contributed by atoms with Crippen LogP contribution in [0.15, 0.2) is 54.6 Å². The Hall–Kier alpha value is -1.35. The molecule has 27 heavy (non-hydrogen) atoms. The van der Waals surface area contributed by atoms with Gasteiger partial charge in [-0.3, -0.25) is 0 Å². The molecule has 3 unspecified atom stereocenters. The highest BCUT2D eigenvalue weighted by Gasteiger charge is 2.48. The zero-order valence-corrected chi connectivity index (χ0v) is 16.8. The van der Waals surface area contributed by atoms with E-state index in [-0.39, 0.29) is 17.6 Å². The summed E-state index contributed by atoms with van der Waals surface area (Å²) in [6.45, 7) is 3.66. The Bertz CT molecular complexity index is 733. The van der Waals surface area contributed by atoms with Gasteiger partial charge in [0.25, 0.3) is 0 Å². The summed E-state index contributed by atoms with van der Waals surface area (Å²) in [5, 5.41) is 0.831. The molecule has 0 radical (unpaired) electrons. The quantitative estimate of drug-likeness (QED) is 0.625. The first-order valence-corrected chi connectivity index (χ1v) is 10.6. The average molecular weight is 385 g/mol. The Morgan fingerprint density at radius 2 is 1.85 bits per heavy atom. The summed E-state index contributed by atoms with van der Waals surface area (Å²) in [5.74, 6) is 0.474. The van der Waals surface area contributed by atoms with Gasteiger partial charge in [-0.1, -0.05) is 67.4 Å². The van der Waals surface area contributed by atoms with Gasteiger partial charge in [-0.25, -0.2) is 0 Å². The molecule has 0 N–H and O–H groups in total. The van der Waals surface area contributed by atoms with Gasteiger partial charge in [-0.2, -0.15) is 0 Å². The van der Waals surface area contributed by atoms with E-state index in [9.17, 15) is 0 Å². The van der Waals surface area contributed by atoms with E-state index in [2.05, 4.69) is 55.5 Å². The van der Waals surface area contributed by atoms with Crippen molar-refractivity contribution < 1.29 is 9.47 Å². The van der Waals surface area contributed by atoms with E-state index in [1.165, 1.54) is 30.4 Å². The maximum atomic E-state index is 6.39. The summed E-state index contributed by atoms with van der Waals surface area (Å²) in [5.41, 5.74) is 2.88. The van der Waals surface area contributed by atoms with E-state index in [0.717, 1.165) is 17.9 Å². The number of hydrogen-bond acceptors (Lipinski definition) is 2. The molecule has 1 aliphatic carbocycles. The van der Waals surface area contributed by atoms with Gasteiger partial charge in [-0.15, -0.1) is 0 Å². The Morgan fingerprint density at radius 3 is 2.44 bits per heavy atom. The van der Waals surface area contributed by atoms with Gasteiger partial charge < -0.3 is 9.47 Å². The van der Waals surface area contributed by atoms with Gasteiger partial charge >= 0.3 is 0 Å². The summed E-state index contributed by atoms with van der Waals surface area (Å²) in [6.07, 6.45) is 6.07. The van der Waals surface area contributed by atoms with Crippen molar-refractivity contribution >= 4 is 11.6 Å². The highest BCUT2D eigenvalue weighted by molar-refractivity contribution is 6.30. The smallest absolute Gasteiger partial charge is 0.0850 e. The zero-order valence-electron chi connectivity index (χ0n) is 16.1. The SMILES string of the molecule is CCC(C1COC(Cc2ccccc2)CO1)C1(c2cccc(Cl)c2)CCC1. The fraction of sp³-hybridized carbons (Fsp3) is 0.500. The van der Waals surface area contributed by atoms with Crippen molar-refractivity contribution in [1.29, 1.82) is 0 Å². The molecule has 3 heteroatoms. The van der Waals surface area contributed by atoms with Gasteiger partial charge in [0.05, 0.1) is 25.4 Å². The molecule has 144 valence electrons. The molecule has 2 nitrogen and oxygen atoms in total. The van der Waals surface area contributed by atoms with Crippen LogP contribution in [0.2, 0.25) is 5.02 Å². The Morgan fingerprint density at radius 1 is 1.04 bits per heavy atom. The van der Waals surface area contributed by atoms with E-state index in [0.29, 0.717) is 19.1 Å². The Balaban J connectivity index is 1.44. The number of rotatable bonds is 6. The maximum absolute atomic E-state index is 6.39. The van der Waals surface area contributed by atoms with Crippen molar-refractivity contribution in [2.24, 2.45) is 5.92 Å². The predicted octanol–water partition coefficient (Wildman–Crippen LogP) is 5.81. The highest BCUT2D eigenvalue weighted by atomic mass is 35.5. The van der Waals surface area contributed by atoms with Crippen molar-refractivity contribution in [1.82, 2.24) is 0 Å². The fourth-order valence-corrected chi connectivity index (χ4v) is 5.21. The van der Waals surface area contributed by atoms with Crippen LogP contribution in [0.4, 0.5) is 0 Å². The summed E-state index contributed by atoms with van der Waals surface area (Å²) in [4.78, 5) is 0. The molecule has 0 aromatic heterocycles. The van der Waals surface area contributed by atoms with Crippen molar-refractivity contribution in [3.8, 4) is 0 Å². The van der Waals surface area contributed by atoms with Crippen molar-refractivity contribution in [2.45, 2.75) is 56.7 Å². The predicted molar refractivity (Wildman–Crippen MR) is 110 cm³/mol. The van der Waals surface area contributed by atoms with Crippen LogP contribution in [0, 0.1) is 5.92 Å². The molecular formula is C24H29ClO2. The van der Waals surface area contributed by atoms with Crippen molar-refractivity contribution in [2.75, 3.05) is 13.2 Å². The zero-order chi connectivity index (χ0) is 18.7. The van der Waals surface area contributed by atoms with Crippen molar-refractivity contribution in [3.63, 3.8) is 0 Å². The van der Waals surface area contributed by atoms with Gasteiger partial charge in [0.2, 0.25) is 0 Å². The minimum atomic E-state index is 0.157. The number of ether oxygens (including phenoxy) is 2. The second-order valence-electron chi connectivity index (χ2n) is 8.05. The normalized spacial score (nSPS) is 25.6. The first-order valence-electron chi connectivity index (χ1n) is 10.2. The second-order valence-corrected chi connectivity index (χ2v) is 8.49. The van der Waals surface area contributed by atoms with Crippen LogP contribution in [0.25, 0.3) is 0 Å². The molecule has 1 heterocycles. The molecule has 0 amide bonds. The van der Waals surface area contributed by atoms with E-state index >= 15 is 0 Å². The van der Waals surface area contributed by atoms with Crippen molar-refractivity contribution in [3.05, 3.63) is 70.7 Å². The van der Waals surface area contributed by atoms with Gasteiger partial charge in [-0.05, 0) is 48.4 Å². The van der Waals surface area contributed by atoms with Crippen LogP contribution in [0.5, 0.6) is 0 Å². The third-order valence-corrected chi connectivity index (χ3v) is 6.78. The molecule has 2 fully saturated rings. The monoisotopic (exact) mass is 384 g/mol. The minimum absolute atomic E-state index is 0.157. The lowest BCUT2D eigenvalue weighted by atomic mass is 9.55. The topological polar surface area (TPSA) is 18.5 Å². The highest BCUT2D eigenvalue weighted by Crippen LogP contribution is 2.52. The first-order chi connectivity index (χ1) is 13.2.